The summed E-state index contributed by atoms with van der Waals surface area (Å²) in [4.78, 5) is 0. The summed E-state index contributed by atoms with van der Waals surface area (Å²) in [6.45, 7) is 0. The van der Waals surface area contributed by atoms with Crippen LogP contribution in [0.3, 0.4) is 0 Å². The highest BCUT2D eigenvalue weighted by molar-refractivity contribution is 5.47. The molecule has 100 valence electrons. The molecule has 0 saturated heterocycles. The van der Waals surface area contributed by atoms with Crippen LogP contribution in [-0.2, 0) is 6.42 Å². The van der Waals surface area contributed by atoms with Crippen molar-refractivity contribution in [1.82, 2.24) is 15.0 Å². The Hall–Kier alpha value is -2.82. The Morgan fingerprint density at radius 3 is 2.50 bits per heavy atom. The van der Waals surface area contributed by atoms with E-state index in [1.807, 2.05) is 54.7 Å². The summed E-state index contributed by atoms with van der Waals surface area (Å²) in [5.41, 5.74) is 15.9. The summed E-state index contributed by atoms with van der Waals surface area (Å²) in [7, 11) is 0. The van der Waals surface area contributed by atoms with Gasteiger partial charge in [-0.1, -0.05) is 23.4 Å². The molecule has 0 atom stereocenters. The van der Waals surface area contributed by atoms with E-state index in [0.29, 0.717) is 5.69 Å². The Morgan fingerprint density at radius 1 is 0.950 bits per heavy atom. The van der Waals surface area contributed by atoms with Crippen LogP contribution in [0, 0.1) is 0 Å². The van der Waals surface area contributed by atoms with Gasteiger partial charge in [-0.05, 0) is 35.9 Å². The van der Waals surface area contributed by atoms with Gasteiger partial charge >= 0.3 is 0 Å². The van der Waals surface area contributed by atoms with Crippen molar-refractivity contribution >= 4 is 11.4 Å². The standard InChI is InChI=1S/C15H15N5/c16-12-6-4-11(5-7-12)8-14-10-20(19-18-14)15-3-1-2-13(17)9-15/h1-7,9-10H,8,16-17H2. The molecular weight excluding hydrogens is 250 g/mol. The normalized spacial score (nSPS) is 10.6. The maximum atomic E-state index is 5.77. The van der Waals surface area contributed by atoms with E-state index in [1.165, 1.54) is 0 Å². The van der Waals surface area contributed by atoms with E-state index in [-0.39, 0.29) is 0 Å². The van der Waals surface area contributed by atoms with Gasteiger partial charge in [0.2, 0.25) is 0 Å². The molecular formula is C15H15N5. The van der Waals surface area contributed by atoms with Gasteiger partial charge in [0, 0.05) is 17.8 Å². The number of benzene rings is 2. The molecule has 0 unspecified atom stereocenters. The van der Waals surface area contributed by atoms with Crippen LogP contribution in [0.5, 0.6) is 0 Å². The zero-order chi connectivity index (χ0) is 13.9. The van der Waals surface area contributed by atoms with Crippen molar-refractivity contribution in [1.29, 1.82) is 0 Å². The zero-order valence-corrected chi connectivity index (χ0v) is 10.9. The Bertz CT molecular complexity index is 715. The summed E-state index contributed by atoms with van der Waals surface area (Å²) in [6.07, 6.45) is 2.63. The second-order valence-electron chi connectivity index (χ2n) is 4.67. The van der Waals surface area contributed by atoms with Crippen LogP contribution in [0.1, 0.15) is 11.3 Å². The lowest BCUT2D eigenvalue weighted by Gasteiger charge is -2.00. The first-order chi connectivity index (χ1) is 9.70. The summed E-state index contributed by atoms with van der Waals surface area (Å²) < 4.78 is 1.73. The Morgan fingerprint density at radius 2 is 1.75 bits per heavy atom. The SMILES string of the molecule is Nc1ccc(Cc2cn(-c3cccc(N)c3)nn2)cc1. The third-order valence-electron chi connectivity index (χ3n) is 3.04. The number of aromatic nitrogens is 3. The predicted molar refractivity (Wildman–Crippen MR) is 79.4 cm³/mol. The highest BCUT2D eigenvalue weighted by atomic mass is 15.4. The van der Waals surface area contributed by atoms with Crippen LogP contribution >= 0.6 is 0 Å². The van der Waals surface area contributed by atoms with E-state index < -0.39 is 0 Å². The molecule has 5 nitrogen and oxygen atoms in total. The molecule has 0 amide bonds. The van der Waals surface area contributed by atoms with Crippen molar-refractivity contribution in [2.24, 2.45) is 0 Å². The number of nitrogens with zero attached hydrogens (tertiary/aromatic N) is 3. The maximum Gasteiger partial charge on any atom is 0.0875 e. The van der Waals surface area contributed by atoms with Crippen LogP contribution in [-0.4, -0.2) is 15.0 Å². The first kappa shape index (κ1) is 12.2. The second-order valence-corrected chi connectivity index (χ2v) is 4.67. The Kier molecular flexibility index (Phi) is 3.09. The van der Waals surface area contributed by atoms with Gasteiger partial charge < -0.3 is 11.5 Å². The minimum absolute atomic E-state index is 0.707. The van der Waals surface area contributed by atoms with Gasteiger partial charge in [0.15, 0.2) is 0 Å². The molecule has 5 heteroatoms. The Labute approximate surface area is 116 Å². The molecule has 4 N–H and O–H groups in total. The van der Waals surface area contributed by atoms with Crippen LogP contribution in [0.2, 0.25) is 0 Å². The molecule has 2 aromatic carbocycles. The average molecular weight is 265 g/mol. The average Bonchev–Trinajstić information content (AvgIpc) is 2.90. The van der Waals surface area contributed by atoms with Gasteiger partial charge in [-0.2, -0.15) is 0 Å². The number of nitrogens with two attached hydrogens (primary N) is 2. The molecule has 0 aliphatic heterocycles. The molecule has 1 heterocycles. The topological polar surface area (TPSA) is 82.8 Å². The van der Waals surface area contributed by atoms with Crippen molar-refractivity contribution in [2.75, 3.05) is 11.5 Å². The lowest BCUT2D eigenvalue weighted by molar-refractivity contribution is 0.799. The highest BCUT2D eigenvalue weighted by Gasteiger charge is 2.04. The fourth-order valence-electron chi connectivity index (χ4n) is 2.02. The molecule has 0 saturated carbocycles. The summed E-state index contributed by atoms with van der Waals surface area (Å²) in [6, 6.07) is 15.3. The number of hydrogen-bond donors (Lipinski definition) is 2. The first-order valence-corrected chi connectivity index (χ1v) is 6.32. The van der Waals surface area contributed by atoms with E-state index in [4.69, 9.17) is 11.5 Å². The zero-order valence-electron chi connectivity index (χ0n) is 10.9. The molecule has 0 spiro atoms. The third kappa shape index (κ3) is 2.61. The molecule has 0 aliphatic rings. The van der Waals surface area contributed by atoms with E-state index in [2.05, 4.69) is 10.3 Å². The van der Waals surface area contributed by atoms with Gasteiger partial charge in [-0.15, -0.1) is 5.10 Å². The molecule has 0 radical (unpaired) electrons. The second kappa shape index (κ2) is 5.05. The molecule has 20 heavy (non-hydrogen) atoms. The summed E-state index contributed by atoms with van der Waals surface area (Å²) in [5.74, 6) is 0. The van der Waals surface area contributed by atoms with E-state index in [9.17, 15) is 0 Å². The van der Waals surface area contributed by atoms with E-state index in [0.717, 1.165) is 29.1 Å². The van der Waals surface area contributed by atoms with Crippen molar-refractivity contribution in [3.8, 4) is 5.69 Å². The fraction of sp³-hybridized carbons (Fsp3) is 0.0667. The molecule has 0 fully saturated rings. The number of rotatable bonds is 3. The first-order valence-electron chi connectivity index (χ1n) is 6.32. The van der Waals surface area contributed by atoms with Crippen molar-refractivity contribution in [2.45, 2.75) is 6.42 Å². The largest absolute Gasteiger partial charge is 0.399 e. The van der Waals surface area contributed by atoms with Crippen molar-refractivity contribution < 1.29 is 0 Å². The minimum Gasteiger partial charge on any atom is -0.399 e. The van der Waals surface area contributed by atoms with Crippen LogP contribution in [0.4, 0.5) is 11.4 Å². The monoisotopic (exact) mass is 265 g/mol. The maximum absolute atomic E-state index is 5.77. The minimum atomic E-state index is 0.707. The van der Waals surface area contributed by atoms with Crippen molar-refractivity contribution in [3.63, 3.8) is 0 Å². The molecule has 0 bridgehead atoms. The van der Waals surface area contributed by atoms with Crippen LogP contribution < -0.4 is 11.5 Å². The number of nitrogen functional groups attached to an aromatic ring is 2. The van der Waals surface area contributed by atoms with Crippen LogP contribution in [0.25, 0.3) is 5.69 Å². The Balaban J connectivity index is 1.82. The van der Waals surface area contributed by atoms with Gasteiger partial charge in [0.25, 0.3) is 0 Å². The van der Waals surface area contributed by atoms with Crippen LogP contribution in [0.15, 0.2) is 54.7 Å². The van der Waals surface area contributed by atoms with Crippen molar-refractivity contribution in [3.05, 3.63) is 66.0 Å². The lowest BCUT2D eigenvalue weighted by Crippen LogP contribution is -1.96. The van der Waals surface area contributed by atoms with Gasteiger partial charge in [-0.3, -0.25) is 0 Å². The fourth-order valence-corrected chi connectivity index (χ4v) is 2.02. The van der Waals surface area contributed by atoms with Gasteiger partial charge in [0.05, 0.1) is 17.6 Å². The smallest absolute Gasteiger partial charge is 0.0875 e. The number of anilines is 2. The van der Waals surface area contributed by atoms with E-state index >= 15 is 0 Å². The molecule has 0 aliphatic carbocycles. The van der Waals surface area contributed by atoms with E-state index in [1.54, 1.807) is 4.68 Å². The number of hydrogen-bond acceptors (Lipinski definition) is 4. The van der Waals surface area contributed by atoms with Gasteiger partial charge in [0.1, 0.15) is 0 Å². The highest BCUT2D eigenvalue weighted by Crippen LogP contribution is 2.13. The molecule has 3 rings (SSSR count). The third-order valence-corrected chi connectivity index (χ3v) is 3.04. The predicted octanol–water partition coefficient (Wildman–Crippen LogP) is 2.02. The van der Waals surface area contributed by atoms with Gasteiger partial charge in [-0.25, -0.2) is 4.68 Å². The lowest BCUT2D eigenvalue weighted by atomic mass is 10.1. The molecule has 1 aromatic heterocycles. The quantitative estimate of drug-likeness (QED) is 0.710. The summed E-state index contributed by atoms with van der Waals surface area (Å²) >= 11 is 0. The molecule has 3 aromatic rings. The summed E-state index contributed by atoms with van der Waals surface area (Å²) in [5, 5.41) is 8.31.